The quantitative estimate of drug-likeness (QED) is 0.892. The number of aromatic nitrogens is 3. The Hall–Kier alpha value is -1.76. The van der Waals surface area contributed by atoms with E-state index in [0.717, 1.165) is 41.6 Å². The number of fused-ring (bicyclic) bond motifs is 1. The number of anilines is 1. The summed E-state index contributed by atoms with van der Waals surface area (Å²) in [7, 11) is 0. The molecule has 1 aliphatic rings. The van der Waals surface area contributed by atoms with E-state index in [2.05, 4.69) is 15.0 Å². The minimum absolute atomic E-state index is 0.0556. The van der Waals surface area contributed by atoms with E-state index < -0.39 is 5.97 Å². The minimum Gasteiger partial charge on any atom is -0.476 e. The van der Waals surface area contributed by atoms with Crippen molar-refractivity contribution in [3.8, 4) is 0 Å². The minimum atomic E-state index is -1.01. The average Bonchev–Trinajstić information content (AvgIpc) is 2.82. The molecule has 1 N–H and O–H groups in total. The Morgan fingerprint density at radius 2 is 2.16 bits per heavy atom. The van der Waals surface area contributed by atoms with Crippen LogP contribution in [0.3, 0.4) is 0 Å². The number of carbonyl (C=O) groups is 1. The first-order valence-electron chi connectivity index (χ1n) is 6.08. The summed E-state index contributed by atoms with van der Waals surface area (Å²) in [6, 6.07) is 1.59. The first-order chi connectivity index (χ1) is 9.15. The van der Waals surface area contributed by atoms with Crippen LogP contribution in [0.25, 0.3) is 5.52 Å². The van der Waals surface area contributed by atoms with E-state index in [9.17, 15) is 4.79 Å². The van der Waals surface area contributed by atoms with Crippen molar-refractivity contribution in [1.29, 1.82) is 0 Å². The van der Waals surface area contributed by atoms with E-state index in [1.807, 2.05) is 18.7 Å². The lowest BCUT2D eigenvalue weighted by atomic mass is 10.3. The summed E-state index contributed by atoms with van der Waals surface area (Å²) in [5.74, 6) is 1.96. The van der Waals surface area contributed by atoms with Gasteiger partial charge in [0.1, 0.15) is 5.52 Å². The molecule has 6 nitrogen and oxygen atoms in total. The summed E-state index contributed by atoms with van der Waals surface area (Å²) < 4.78 is 1.61. The van der Waals surface area contributed by atoms with Crippen LogP contribution < -0.4 is 4.90 Å². The molecule has 0 aromatic carbocycles. The molecule has 0 bridgehead atoms. The van der Waals surface area contributed by atoms with E-state index >= 15 is 0 Å². The molecule has 1 saturated heterocycles. The van der Waals surface area contributed by atoms with Crippen molar-refractivity contribution in [1.82, 2.24) is 14.6 Å². The van der Waals surface area contributed by atoms with Gasteiger partial charge >= 0.3 is 5.97 Å². The monoisotopic (exact) mass is 278 g/mol. The van der Waals surface area contributed by atoms with Gasteiger partial charge in [-0.1, -0.05) is 0 Å². The van der Waals surface area contributed by atoms with E-state index in [4.69, 9.17) is 5.11 Å². The normalized spacial score (nSPS) is 15.9. The predicted octanol–water partition coefficient (Wildman–Crippen LogP) is 1.29. The van der Waals surface area contributed by atoms with Crippen molar-refractivity contribution in [3.63, 3.8) is 0 Å². The van der Waals surface area contributed by atoms with E-state index in [1.54, 1.807) is 16.8 Å². The number of hydrogen-bond donors (Lipinski definition) is 1. The third kappa shape index (κ3) is 2.25. The van der Waals surface area contributed by atoms with Gasteiger partial charge in [0, 0.05) is 30.7 Å². The zero-order chi connectivity index (χ0) is 13.4. The van der Waals surface area contributed by atoms with Crippen LogP contribution >= 0.6 is 11.8 Å². The third-order valence-corrected chi connectivity index (χ3v) is 4.03. The Morgan fingerprint density at radius 1 is 1.42 bits per heavy atom. The van der Waals surface area contributed by atoms with Crippen molar-refractivity contribution in [2.45, 2.75) is 6.92 Å². The number of aromatic carboxylic acids is 1. The highest BCUT2D eigenvalue weighted by Crippen LogP contribution is 2.23. The largest absolute Gasteiger partial charge is 0.476 e. The number of carboxylic acids is 1. The van der Waals surface area contributed by atoms with Gasteiger partial charge in [-0.3, -0.25) is 0 Å². The molecule has 19 heavy (non-hydrogen) atoms. The lowest BCUT2D eigenvalue weighted by Crippen LogP contribution is -2.33. The van der Waals surface area contributed by atoms with Crippen molar-refractivity contribution >= 4 is 29.1 Å². The molecule has 0 amide bonds. The highest BCUT2D eigenvalue weighted by molar-refractivity contribution is 7.99. The Balaban J connectivity index is 2.13. The van der Waals surface area contributed by atoms with Gasteiger partial charge < -0.3 is 10.0 Å². The Kier molecular flexibility index (Phi) is 3.06. The van der Waals surface area contributed by atoms with Crippen molar-refractivity contribution in [2.24, 2.45) is 0 Å². The topological polar surface area (TPSA) is 70.7 Å². The van der Waals surface area contributed by atoms with Crippen molar-refractivity contribution < 1.29 is 9.90 Å². The van der Waals surface area contributed by atoms with Crippen LogP contribution in [0.5, 0.6) is 0 Å². The standard InChI is InChI=1S/C12H14N4O2S/c1-8-7-16-10(6-9(14-16)12(17)18)11(13-8)15-2-4-19-5-3-15/h6-7H,2-5H2,1H3,(H,17,18). The third-order valence-electron chi connectivity index (χ3n) is 3.09. The average molecular weight is 278 g/mol. The van der Waals surface area contributed by atoms with Gasteiger partial charge in [0.2, 0.25) is 0 Å². The predicted molar refractivity (Wildman–Crippen MR) is 74.2 cm³/mol. The van der Waals surface area contributed by atoms with Crippen LogP contribution in [0.4, 0.5) is 5.82 Å². The van der Waals surface area contributed by atoms with E-state index in [1.165, 1.54) is 0 Å². The van der Waals surface area contributed by atoms with Crippen LogP contribution in [0.15, 0.2) is 12.3 Å². The zero-order valence-corrected chi connectivity index (χ0v) is 11.4. The molecule has 3 heterocycles. The van der Waals surface area contributed by atoms with Crippen LogP contribution in [0.2, 0.25) is 0 Å². The summed E-state index contributed by atoms with van der Waals surface area (Å²) in [4.78, 5) is 17.8. The number of carboxylic acid groups (broad SMARTS) is 1. The second-order valence-electron chi connectivity index (χ2n) is 4.47. The summed E-state index contributed by atoms with van der Waals surface area (Å²) >= 11 is 1.93. The summed E-state index contributed by atoms with van der Waals surface area (Å²) in [5.41, 5.74) is 1.65. The lowest BCUT2D eigenvalue weighted by Gasteiger charge is -2.28. The van der Waals surface area contributed by atoms with Gasteiger partial charge in [-0.25, -0.2) is 14.3 Å². The number of rotatable bonds is 2. The zero-order valence-electron chi connectivity index (χ0n) is 10.5. The smallest absolute Gasteiger partial charge is 0.356 e. The number of aryl methyl sites for hydroxylation is 1. The van der Waals surface area contributed by atoms with Crippen LogP contribution in [-0.4, -0.2) is 50.3 Å². The van der Waals surface area contributed by atoms with Gasteiger partial charge in [0.15, 0.2) is 11.5 Å². The maximum absolute atomic E-state index is 11.0. The molecule has 2 aromatic heterocycles. The maximum Gasteiger partial charge on any atom is 0.356 e. The Morgan fingerprint density at radius 3 is 2.84 bits per heavy atom. The van der Waals surface area contributed by atoms with Gasteiger partial charge in [0.25, 0.3) is 0 Å². The van der Waals surface area contributed by atoms with Crippen LogP contribution in [0.1, 0.15) is 16.2 Å². The van der Waals surface area contributed by atoms with E-state index in [-0.39, 0.29) is 5.69 Å². The molecular weight excluding hydrogens is 264 g/mol. The first kappa shape index (κ1) is 12.3. The van der Waals surface area contributed by atoms with E-state index in [0.29, 0.717) is 0 Å². The lowest BCUT2D eigenvalue weighted by molar-refractivity contribution is 0.0690. The van der Waals surface area contributed by atoms with Gasteiger partial charge in [0.05, 0.1) is 11.9 Å². The highest BCUT2D eigenvalue weighted by Gasteiger charge is 2.19. The molecule has 7 heteroatoms. The van der Waals surface area contributed by atoms with Gasteiger partial charge in [-0.05, 0) is 6.92 Å². The Bertz CT molecular complexity index is 634. The van der Waals surface area contributed by atoms with Gasteiger partial charge in [-0.2, -0.15) is 16.9 Å². The summed E-state index contributed by atoms with van der Waals surface area (Å²) in [5, 5.41) is 13.1. The van der Waals surface area contributed by atoms with Crippen LogP contribution in [-0.2, 0) is 0 Å². The number of nitrogens with zero attached hydrogens (tertiary/aromatic N) is 4. The number of thioether (sulfide) groups is 1. The van der Waals surface area contributed by atoms with Crippen molar-refractivity contribution in [3.05, 3.63) is 23.7 Å². The van der Waals surface area contributed by atoms with Gasteiger partial charge in [-0.15, -0.1) is 0 Å². The maximum atomic E-state index is 11.0. The molecule has 0 aliphatic carbocycles. The second-order valence-corrected chi connectivity index (χ2v) is 5.69. The highest BCUT2D eigenvalue weighted by atomic mass is 32.2. The molecular formula is C12H14N4O2S. The summed E-state index contributed by atoms with van der Waals surface area (Å²) in [6.45, 7) is 3.76. The molecule has 2 aromatic rings. The molecule has 0 unspecified atom stereocenters. The molecule has 100 valence electrons. The molecule has 3 rings (SSSR count). The molecule has 0 atom stereocenters. The fourth-order valence-electron chi connectivity index (χ4n) is 2.20. The second kappa shape index (κ2) is 4.73. The van der Waals surface area contributed by atoms with Crippen LogP contribution in [0, 0.1) is 6.92 Å². The molecule has 0 spiro atoms. The molecule has 0 radical (unpaired) electrons. The fraction of sp³-hybridized carbons (Fsp3) is 0.417. The Labute approximate surface area is 114 Å². The SMILES string of the molecule is Cc1cn2nc(C(=O)O)cc2c(N2CCSCC2)n1. The number of hydrogen-bond acceptors (Lipinski definition) is 5. The summed E-state index contributed by atoms with van der Waals surface area (Å²) in [6.07, 6.45) is 1.75. The molecule has 1 fully saturated rings. The first-order valence-corrected chi connectivity index (χ1v) is 7.23. The molecule has 1 aliphatic heterocycles. The molecule has 0 saturated carbocycles. The van der Waals surface area contributed by atoms with Crippen molar-refractivity contribution in [2.75, 3.05) is 29.5 Å². The fourth-order valence-corrected chi connectivity index (χ4v) is 3.11.